The summed E-state index contributed by atoms with van der Waals surface area (Å²) in [4.78, 5) is 8.17. The van der Waals surface area contributed by atoms with Gasteiger partial charge in [0.1, 0.15) is 5.65 Å². The second kappa shape index (κ2) is 2.85. The van der Waals surface area contributed by atoms with Crippen molar-refractivity contribution in [3.63, 3.8) is 0 Å². The number of halogens is 1. The third-order valence-corrected chi connectivity index (χ3v) is 2.09. The molecule has 0 aliphatic rings. The highest BCUT2D eigenvalue weighted by Gasteiger charge is 2.05. The van der Waals surface area contributed by atoms with Crippen LogP contribution < -0.4 is 0 Å². The molecule has 0 aromatic carbocycles. The van der Waals surface area contributed by atoms with Crippen molar-refractivity contribution in [3.05, 3.63) is 29.8 Å². The van der Waals surface area contributed by atoms with E-state index in [-0.39, 0.29) is 5.28 Å². The van der Waals surface area contributed by atoms with Gasteiger partial charge < -0.3 is 4.57 Å². The lowest BCUT2D eigenvalue weighted by Gasteiger charge is -1.98. The summed E-state index contributed by atoms with van der Waals surface area (Å²) < 4.78 is 1.90. The largest absolute Gasteiger partial charge is 0.335 e. The van der Waals surface area contributed by atoms with Crippen LogP contribution >= 0.6 is 11.6 Å². The average Bonchev–Trinajstić information content (AvgIpc) is 2.47. The first-order valence-electron chi connectivity index (χ1n) is 3.83. The number of nitrogens with zero attached hydrogens (tertiary/aromatic N) is 3. The van der Waals surface area contributed by atoms with Crippen molar-refractivity contribution in [3.8, 4) is 0 Å². The second-order valence-corrected chi connectivity index (χ2v) is 3.08. The van der Waals surface area contributed by atoms with Crippen LogP contribution in [0, 0.1) is 0 Å². The molecule has 0 unspecified atom stereocenters. The third kappa shape index (κ3) is 1.21. The van der Waals surface area contributed by atoms with E-state index in [0.29, 0.717) is 0 Å². The molecule has 2 aromatic heterocycles. The molecular weight excluding hydrogens is 186 g/mol. The van der Waals surface area contributed by atoms with Crippen LogP contribution in [0.25, 0.3) is 17.1 Å². The predicted octanol–water partition coefficient (Wildman–Crippen LogP) is 2.26. The summed E-state index contributed by atoms with van der Waals surface area (Å²) in [5.74, 6) is 0. The first kappa shape index (κ1) is 8.26. The van der Waals surface area contributed by atoms with Gasteiger partial charge in [-0.05, 0) is 23.7 Å². The minimum atomic E-state index is 0.254. The molecule has 3 nitrogen and oxygen atoms in total. The van der Waals surface area contributed by atoms with Crippen molar-refractivity contribution in [1.82, 2.24) is 14.5 Å². The van der Waals surface area contributed by atoms with Gasteiger partial charge in [-0.25, -0.2) is 4.98 Å². The van der Waals surface area contributed by atoms with Crippen molar-refractivity contribution in [1.29, 1.82) is 0 Å². The molecule has 0 aliphatic heterocycles. The second-order valence-electron chi connectivity index (χ2n) is 2.75. The quantitative estimate of drug-likeness (QED) is 0.651. The minimum absolute atomic E-state index is 0.254. The number of hydrogen-bond acceptors (Lipinski definition) is 2. The molecule has 2 rings (SSSR count). The first-order chi connectivity index (χ1) is 6.22. The average molecular weight is 194 g/mol. The Morgan fingerprint density at radius 2 is 2.31 bits per heavy atom. The smallest absolute Gasteiger partial charge is 0.224 e. The van der Waals surface area contributed by atoms with Crippen LogP contribution in [0.15, 0.2) is 18.8 Å². The number of hydrogen-bond donors (Lipinski definition) is 0. The van der Waals surface area contributed by atoms with Gasteiger partial charge in [0, 0.05) is 18.6 Å². The molecule has 0 spiro atoms. The summed E-state index contributed by atoms with van der Waals surface area (Å²) in [6.45, 7) is 3.67. The predicted molar refractivity (Wildman–Crippen MR) is 53.6 cm³/mol. The van der Waals surface area contributed by atoms with Gasteiger partial charge in [0.15, 0.2) is 0 Å². The van der Waals surface area contributed by atoms with Gasteiger partial charge in [0.2, 0.25) is 5.28 Å². The van der Waals surface area contributed by atoms with Crippen LogP contribution in [0.1, 0.15) is 5.69 Å². The molecule has 4 heteroatoms. The van der Waals surface area contributed by atoms with Crippen molar-refractivity contribution >= 4 is 28.7 Å². The summed E-state index contributed by atoms with van der Waals surface area (Å²) >= 11 is 5.75. The van der Waals surface area contributed by atoms with E-state index in [2.05, 4.69) is 16.5 Å². The third-order valence-electron chi connectivity index (χ3n) is 1.92. The molecule has 0 saturated heterocycles. The summed E-state index contributed by atoms with van der Waals surface area (Å²) in [5.41, 5.74) is 1.60. The zero-order valence-corrected chi connectivity index (χ0v) is 7.91. The molecule has 66 valence electrons. The summed E-state index contributed by atoms with van der Waals surface area (Å²) in [5, 5.41) is 1.23. The van der Waals surface area contributed by atoms with Crippen LogP contribution in [-0.2, 0) is 7.05 Å². The number of aromatic nitrogens is 3. The number of fused-ring (bicyclic) bond motifs is 1. The van der Waals surface area contributed by atoms with E-state index in [4.69, 9.17) is 11.6 Å². The van der Waals surface area contributed by atoms with Crippen LogP contribution in [-0.4, -0.2) is 14.5 Å². The van der Waals surface area contributed by atoms with Gasteiger partial charge in [-0.2, -0.15) is 4.98 Å². The minimum Gasteiger partial charge on any atom is -0.335 e. The highest BCUT2D eigenvalue weighted by molar-refractivity contribution is 6.28. The Morgan fingerprint density at radius 3 is 3.00 bits per heavy atom. The normalized spacial score (nSPS) is 10.6. The molecule has 0 radical (unpaired) electrons. The lowest BCUT2D eigenvalue weighted by atomic mass is 10.3. The Bertz CT molecular complexity index is 473. The number of aryl methyl sites for hydroxylation is 1. The van der Waals surface area contributed by atoms with Crippen molar-refractivity contribution in [2.24, 2.45) is 7.05 Å². The Hall–Kier alpha value is -1.35. The molecule has 0 amide bonds. The lowest BCUT2D eigenvalue weighted by Crippen LogP contribution is -1.92. The molecule has 0 saturated carbocycles. The summed E-state index contributed by atoms with van der Waals surface area (Å²) in [6, 6.07) is 1.95. The van der Waals surface area contributed by atoms with Gasteiger partial charge in [-0.15, -0.1) is 0 Å². The molecule has 0 fully saturated rings. The molecule has 2 aromatic rings. The maximum atomic E-state index is 5.75. The Balaban J connectivity index is 2.91. The molecule has 0 bridgehead atoms. The number of rotatable bonds is 1. The van der Waals surface area contributed by atoms with Crippen molar-refractivity contribution < 1.29 is 0 Å². The highest BCUT2D eigenvalue weighted by atomic mass is 35.5. The van der Waals surface area contributed by atoms with Gasteiger partial charge in [0.05, 0.1) is 5.69 Å². The lowest BCUT2D eigenvalue weighted by molar-refractivity contribution is 0.943. The molecule has 0 N–H and O–H groups in total. The molecule has 0 atom stereocenters. The van der Waals surface area contributed by atoms with E-state index in [9.17, 15) is 0 Å². The molecule has 13 heavy (non-hydrogen) atoms. The zero-order chi connectivity index (χ0) is 9.42. The van der Waals surface area contributed by atoms with E-state index >= 15 is 0 Å². The van der Waals surface area contributed by atoms with E-state index < -0.39 is 0 Å². The van der Waals surface area contributed by atoms with Crippen LogP contribution in [0.2, 0.25) is 5.28 Å². The van der Waals surface area contributed by atoms with Crippen LogP contribution in [0.4, 0.5) is 0 Å². The van der Waals surface area contributed by atoms with Crippen molar-refractivity contribution in [2.75, 3.05) is 0 Å². The van der Waals surface area contributed by atoms with E-state index in [0.717, 1.165) is 16.7 Å². The first-order valence-corrected chi connectivity index (χ1v) is 4.21. The molecular formula is C9H8ClN3. The van der Waals surface area contributed by atoms with E-state index in [1.165, 1.54) is 0 Å². The highest BCUT2D eigenvalue weighted by Crippen LogP contribution is 2.18. The van der Waals surface area contributed by atoms with Gasteiger partial charge in [-0.3, -0.25) is 0 Å². The summed E-state index contributed by atoms with van der Waals surface area (Å²) in [6.07, 6.45) is 3.60. The van der Waals surface area contributed by atoms with E-state index in [1.54, 1.807) is 6.08 Å². The Labute approximate surface area is 80.7 Å². The van der Waals surface area contributed by atoms with Gasteiger partial charge in [0.25, 0.3) is 0 Å². The SMILES string of the molecule is C=Cc1nc(Cl)nc2c1ccn2C. The fourth-order valence-electron chi connectivity index (χ4n) is 1.29. The maximum absolute atomic E-state index is 5.75. The van der Waals surface area contributed by atoms with Crippen LogP contribution in [0.5, 0.6) is 0 Å². The monoisotopic (exact) mass is 193 g/mol. The fourth-order valence-corrected chi connectivity index (χ4v) is 1.46. The topological polar surface area (TPSA) is 30.7 Å². The maximum Gasteiger partial charge on any atom is 0.224 e. The fraction of sp³-hybridized carbons (Fsp3) is 0.111. The molecule has 2 heterocycles. The van der Waals surface area contributed by atoms with Crippen molar-refractivity contribution in [2.45, 2.75) is 0 Å². The van der Waals surface area contributed by atoms with E-state index in [1.807, 2.05) is 23.9 Å². The van der Waals surface area contributed by atoms with Gasteiger partial charge in [-0.1, -0.05) is 6.58 Å². The Morgan fingerprint density at radius 1 is 1.54 bits per heavy atom. The Kier molecular flexibility index (Phi) is 1.81. The summed E-state index contributed by atoms with van der Waals surface area (Å²) in [7, 11) is 1.92. The zero-order valence-electron chi connectivity index (χ0n) is 7.16. The standard InChI is InChI=1S/C9H8ClN3/c1-3-7-6-4-5-13(2)8(6)12-9(10)11-7/h3-5H,1H2,2H3. The van der Waals surface area contributed by atoms with Crippen LogP contribution in [0.3, 0.4) is 0 Å². The van der Waals surface area contributed by atoms with Gasteiger partial charge >= 0.3 is 0 Å². The molecule has 0 aliphatic carbocycles.